The maximum Gasteiger partial charge on any atom is 0.251 e. The zero-order valence-electron chi connectivity index (χ0n) is 12.8. The van der Waals surface area contributed by atoms with E-state index in [0.29, 0.717) is 17.1 Å². The standard InChI is InChI=1S/C16H18N2O4/c1-18-7-6-11(9-15(18)19)16(20)17-10-12-8-13(21-2)4-5-14(12)22-3/h4-9H,10H2,1-3H3,(H,17,20). The summed E-state index contributed by atoms with van der Waals surface area (Å²) in [7, 11) is 4.77. The fraction of sp³-hybridized carbons (Fsp3) is 0.250. The summed E-state index contributed by atoms with van der Waals surface area (Å²) in [5.74, 6) is 1.02. The van der Waals surface area contributed by atoms with Crippen molar-refractivity contribution in [3.63, 3.8) is 0 Å². The number of methoxy groups -OCH3 is 2. The SMILES string of the molecule is COc1ccc(OC)c(CNC(=O)c2ccn(C)c(=O)c2)c1. The number of benzene rings is 1. The molecule has 0 spiro atoms. The number of nitrogens with one attached hydrogen (secondary N) is 1. The first-order chi connectivity index (χ1) is 10.5. The van der Waals surface area contributed by atoms with Crippen LogP contribution in [-0.2, 0) is 13.6 Å². The minimum atomic E-state index is -0.317. The van der Waals surface area contributed by atoms with Crippen LogP contribution in [0.25, 0.3) is 0 Å². The van der Waals surface area contributed by atoms with Crippen molar-refractivity contribution in [3.05, 3.63) is 58.0 Å². The van der Waals surface area contributed by atoms with Crippen LogP contribution in [0.2, 0.25) is 0 Å². The molecule has 1 N–H and O–H groups in total. The molecule has 116 valence electrons. The highest BCUT2D eigenvalue weighted by Crippen LogP contribution is 2.23. The Morgan fingerprint density at radius 3 is 2.59 bits per heavy atom. The smallest absolute Gasteiger partial charge is 0.251 e. The van der Waals surface area contributed by atoms with Crippen LogP contribution in [0.3, 0.4) is 0 Å². The molecular weight excluding hydrogens is 284 g/mol. The molecular formula is C16H18N2O4. The van der Waals surface area contributed by atoms with Crippen molar-refractivity contribution in [2.75, 3.05) is 14.2 Å². The molecule has 1 aromatic carbocycles. The lowest BCUT2D eigenvalue weighted by atomic mass is 10.1. The number of rotatable bonds is 5. The van der Waals surface area contributed by atoms with Crippen LogP contribution in [0, 0.1) is 0 Å². The first-order valence-electron chi connectivity index (χ1n) is 6.71. The fourth-order valence-electron chi connectivity index (χ4n) is 1.99. The first kappa shape index (κ1) is 15.6. The molecule has 0 bridgehead atoms. The largest absolute Gasteiger partial charge is 0.497 e. The van der Waals surface area contributed by atoms with E-state index in [1.165, 1.54) is 10.6 Å². The second kappa shape index (κ2) is 6.80. The van der Waals surface area contributed by atoms with E-state index in [2.05, 4.69) is 5.32 Å². The lowest BCUT2D eigenvalue weighted by molar-refractivity contribution is 0.0950. The molecule has 1 heterocycles. The summed E-state index contributed by atoms with van der Waals surface area (Å²) in [6.07, 6.45) is 1.56. The molecule has 1 aromatic heterocycles. The summed E-state index contributed by atoms with van der Waals surface area (Å²) in [5.41, 5.74) is 0.885. The predicted molar refractivity (Wildman–Crippen MR) is 82.4 cm³/mol. The maximum absolute atomic E-state index is 12.1. The number of aryl methyl sites for hydroxylation is 1. The summed E-state index contributed by atoms with van der Waals surface area (Å²) < 4.78 is 11.8. The summed E-state index contributed by atoms with van der Waals surface area (Å²) in [4.78, 5) is 23.7. The Labute approximate surface area is 128 Å². The molecule has 0 aliphatic heterocycles. The number of carbonyl (C=O) groups is 1. The third-order valence-electron chi connectivity index (χ3n) is 3.29. The van der Waals surface area contributed by atoms with Gasteiger partial charge < -0.3 is 19.4 Å². The van der Waals surface area contributed by atoms with Crippen LogP contribution < -0.4 is 20.3 Å². The van der Waals surface area contributed by atoms with Gasteiger partial charge >= 0.3 is 0 Å². The van der Waals surface area contributed by atoms with E-state index in [1.54, 1.807) is 51.7 Å². The highest BCUT2D eigenvalue weighted by atomic mass is 16.5. The molecule has 0 unspecified atom stereocenters. The summed E-state index contributed by atoms with van der Waals surface area (Å²) in [6.45, 7) is 0.272. The lowest BCUT2D eigenvalue weighted by Crippen LogP contribution is -2.25. The Hall–Kier alpha value is -2.76. The minimum absolute atomic E-state index is 0.230. The number of hydrogen-bond donors (Lipinski definition) is 1. The van der Waals surface area contributed by atoms with Gasteiger partial charge in [0.2, 0.25) is 0 Å². The molecule has 6 nitrogen and oxygen atoms in total. The van der Waals surface area contributed by atoms with E-state index in [0.717, 1.165) is 5.56 Å². The number of hydrogen-bond acceptors (Lipinski definition) is 4. The number of amides is 1. The summed E-state index contributed by atoms with van der Waals surface area (Å²) >= 11 is 0. The molecule has 0 saturated carbocycles. The van der Waals surface area contributed by atoms with Crippen molar-refractivity contribution in [3.8, 4) is 11.5 Å². The highest BCUT2D eigenvalue weighted by molar-refractivity contribution is 5.93. The number of nitrogens with zero attached hydrogens (tertiary/aromatic N) is 1. The Kier molecular flexibility index (Phi) is 4.83. The van der Waals surface area contributed by atoms with E-state index < -0.39 is 0 Å². The molecule has 22 heavy (non-hydrogen) atoms. The lowest BCUT2D eigenvalue weighted by Gasteiger charge is -2.11. The molecule has 0 atom stereocenters. The van der Waals surface area contributed by atoms with Crippen molar-refractivity contribution in [2.45, 2.75) is 6.54 Å². The monoisotopic (exact) mass is 302 g/mol. The molecule has 1 amide bonds. The van der Waals surface area contributed by atoms with Crippen LogP contribution in [-0.4, -0.2) is 24.7 Å². The van der Waals surface area contributed by atoms with Gasteiger partial charge in [0.15, 0.2) is 0 Å². The number of carbonyl (C=O) groups excluding carboxylic acids is 1. The van der Waals surface area contributed by atoms with E-state index in [9.17, 15) is 9.59 Å². The molecule has 0 aliphatic carbocycles. The molecule has 2 rings (SSSR count). The van der Waals surface area contributed by atoms with Gasteiger partial charge in [0.25, 0.3) is 11.5 Å². The second-order valence-corrected chi connectivity index (χ2v) is 4.73. The van der Waals surface area contributed by atoms with Crippen molar-refractivity contribution >= 4 is 5.91 Å². The van der Waals surface area contributed by atoms with Crippen LogP contribution >= 0.6 is 0 Å². The number of aromatic nitrogens is 1. The van der Waals surface area contributed by atoms with Crippen molar-refractivity contribution in [1.82, 2.24) is 9.88 Å². The van der Waals surface area contributed by atoms with E-state index in [4.69, 9.17) is 9.47 Å². The van der Waals surface area contributed by atoms with Gasteiger partial charge in [0.05, 0.1) is 14.2 Å². The summed E-state index contributed by atoms with van der Waals surface area (Å²) in [5, 5.41) is 2.77. The third-order valence-corrected chi connectivity index (χ3v) is 3.29. The van der Waals surface area contributed by atoms with Gasteiger partial charge in [0.1, 0.15) is 11.5 Å². The molecule has 0 fully saturated rings. The third kappa shape index (κ3) is 3.46. The van der Waals surface area contributed by atoms with E-state index in [1.807, 2.05) is 0 Å². The Morgan fingerprint density at radius 1 is 1.18 bits per heavy atom. The van der Waals surface area contributed by atoms with E-state index in [-0.39, 0.29) is 18.0 Å². The quantitative estimate of drug-likeness (QED) is 0.904. The van der Waals surface area contributed by atoms with Gasteiger partial charge in [-0.05, 0) is 24.3 Å². The Bertz CT molecular complexity index is 737. The van der Waals surface area contributed by atoms with Gasteiger partial charge in [0, 0.05) is 37.0 Å². The molecule has 0 aliphatic rings. The van der Waals surface area contributed by atoms with Gasteiger partial charge in [-0.3, -0.25) is 9.59 Å². The predicted octanol–water partition coefficient (Wildman–Crippen LogP) is 1.33. The molecule has 2 aromatic rings. The van der Waals surface area contributed by atoms with Crippen molar-refractivity contribution < 1.29 is 14.3 Å². The average molecular weight is 302 g/mol. The Morgan fingerprint density at radius 2 is 1.95 bits per heavy atom. The van der Waals surface area contributed by atoms with Crippen molar-refractivity contribution in [1.29, 1.82) is 0 Å². The van der Waals surface area contributed by atoms with Crippen LogP contribution in [0.15, 0.2) is 41.3 Å². The Balaban J connectivity index is 2.13. The van der Waals surface area contributed by atoms with Crippen LogP contribution in [0.4, 0.5) is 0 Å². The molecule has 0 radical (unpaired) electrons. The number of ether oxygens (including phenoxy) is 2. The summed E-state index contributed by atoms with van der Waals surface area (Å²) in [6, 6.07) is 8.25. The highest BCUT2D eigenvalue weighted by Gasteiger charge is 2.09. The zero-order valence-corrected chi connectivity index (χ0v) is 12.8. The molecule has 6 heteroatoms. The van der Waals surface area contributed by atoms with Crippen molar-refractivity contribution in [2.24, 2.45) is 7.05 Å². The zero-order chi connectivity index (χ0) is 16.1. The maximum atomic E-state index is 12.1. The number of pyridine rings is 1. The average Bonchev–Trinajstić information content (AvgIpc) is 2.54. The van der Waals surface area contributed by atoms with E-state index >= 15 is 0 Å². The second-order valence-electron chi connectivity index (χ2n) is 4.73. The fourth-order valence-corrected chi connectivity index (χ4v) is 1.99. The normalized spacial score (nSPS) is 10.1. The van der Waals surface area contributed by atoms with Gasteiger partial charge in [-0.25, -0.2) is 0 Å². The van der Waals surface area contributed by atoms with Crippen LogP contribution in [0.5, 0.6) is 11.5 Å². The van der Waals surface area contributed by atoms with Gasteiger partial charge in [-0.15, -0.1) is 0 Å². The van der Waals surface area contributed by atoms with Crippen LogP contribution in [0.1, 0.15) is 15.9 Å². The van der Waals surface area contributed by atoms with Gasteiger partial charge in [-0.1, -0.05) is 0 Å². The topological polar surface area (TPSA) is 69.6 Å². The first-order valence-corrected chi connectivity index (χ1v) is 6.71. The van der Waals surface area contributed by atoms with Gasteiger partial charge in [-0.2, -0.15) is 0 Å². The molecule has 0 saturated heterocycles. The minimum Gasteiger partial charge on any atom is -0.497 e.